The summed E-state index contributed by atoms with van der Waals surface area (Å²) in [6.07, 6.45) is -0.389. The van der Waals surface area contributed by atoms with E-state index in [1.54, 1.807) is 19.1 Å². The molecule has 0 bridgehead atoms. The summed E-state index contributed by atoms with van der Waals surface area (Å²) < 4.78 is 0. The SMILES string of the molecule is Cc1ccc(N2C(=O)[C@@H]3[C@H](O)CCN3C2=O)c(C)c1C#N. The van der Waals surface area contributed by atoms with Crippen molar-refractivity contribution in [3.8, 4) is 6.07 Å². The fraction of sp³-hybridized carbons (Fsp3) is 0.400. The molecule has 3 rings (SSSR count). The number of anilines is 1. The molecule has 108 valence electrons. The zero-order chi connectivity index (χ0) is 15.3. The number of nitriles is 1. The van der Waals surface area contributed by atoms with E-state index in [1.165, 1.54) is 4.90 Å². The Labute approximate surface area is 122 Å². The fourth-order valence-corrected chi connectivity index (χ4v) is 3.12. The Hall–Kier alpha value is -2.39. The van der Waals surface area contributed by atoms with Crippen LogP contribution in [-0.4, -0.2) is 40.6 Å². The van der Waals surface area contributed by atoms with E-state index in [4.69, 9.17) is 0 Å². The Balaban J connectivity index is 2.09. The molecule has 0 saturated carbocycles. The van der Waals surface area contributed by atoms with Crippen LogP contribution in [0.1, 0.15) is 23.1 Å². The summed E-state index contributed by atoms with van der Waals surface area (Å²) in [7, 11) is 0. The minimum atomic E-state index is -0.812. The molecule has 2 aliphatic heterocycles. The Morgan fingerprint density at radius 1 is 1.33 bits per heavy atom. The van der Waals surface area contributed by atoms with Crippen LogP contribution < -0.4 is 4.90 Å². The number of hydrogen-bond acceptors (Lipinski definition) is 4. The van der Waals surface area contributed by atoms with Crippen LogP contribution >= 0.6 is 0 Å². The van der Waals surface area contributed by atoms with Gasteiger partial charge in [-0.05, 0) is 37.5 Å². The number of aliphatic hydroxyl groups is 1. The maximum Gasteiger partial charge on any atom is 0.332 e. The molecular weight excluding hydrogens is 270 g/mol. The van der Waals surface area contributed by atoms with Gasteiger partial charge in [-0.15, -0.1) is 0 Å². The lowest BCUT2D eigenvalue weighted by molar-refractivity contribution is -0.121. The van der Waals surface area contributed by atoms with Gasteiger partial charge in [0.05, 0.1) is 23.4 Å². The first kappa shape index (κ1) is 13.6. The number of carbonyl (C=O) groups is 2. The van der Waals surface area contributed by atoms with E-state index >= 15 is 0 Å². The van der Waals surface area contributed by atoms with Crippen LogP contribution in [0, 0.1) is 25.2 Å². The van der Waals surface area contributed by atoms with Crippen molar-refractivity contribution in [3.05, 3.63) is 28.8 Å². The Morgan fingerprint density at radius 2 is 2.05 bits per heavy atom. The highest BCUT2D eigenvalue weighted by atomic mass is 16.3. The molecule has 3 amide bonds. The molecule has 1 aromatic rings. The molecule has 1 N–H and O–H groups in total. The van der Waals surface area contributed by atoms with Crippen LogP contribution in [0.4, 0.5) is 10.5 Å². The molecule has 6 heteroatoms. The maximum absolute atomic E-state index is 12.5. The molecule has 21 heavy (non-hydrogen) atoms. The number of imide groups is 1. The van der Waals surface area contributed by atoms with Crippen LogP contribution in [-0.2, 0) is 4.79 Å². The van der Waals surface area contributed by atoms with Crippen molar-refractivity contribution in [1.29, 1.82) is 5.26 Å². The van der Waals surface area contributed by atoms with E-state index in [2.05, 4.69) is 6.07 Å². The number of fused-ring (bicyclic) bond motifs is 1. The lowest BCUT2D eigenvalue weighted by Crippen LogP contribution is -2.36. The molecule has 0 aromatic heterocycles. The predicted molar refractivity (Wildman–Crippen MR) is 74.6 cm³/mol. The van der Waals surface area contributed by atoms with Gasteiger partial charge in [0.1, 0.15) is 6.04 Å². The summed E-state index contributed by atoms with van der Waals surface area (Å²) in [6, 6.07) is 4.30. The van der Waals surface area contributed by atoms with Crippen LogP contribution in [0.15, 0.2) is 12.1 Å². The zero-order valence-electron chi connectivity index (χ0n) is 11.8. The van der Waals surface area contributed by atoms with Crippen LogP contribution in [0.3, 0.4) is 0 Å². The number of aryl methyl sites for hydroxylation is 1. The van der Waals surface area contributed by atoms with Gasteiger partial charge in [-0.2, -0.15) is 5.26 Å². The molecule has 1 aromatic carbocycles. The van der Waals surface area contributed by atoms with E-state index in [-0.39, 0.29) is 0 Å². The van der Waals surface area contributed by atoms with Crippen LogP contribution in [0.25, 0.3) is 0 Å². The monoisotopic (exact) mass is 285 g/mol. The summed E-state index contributed by atoms with van der Waals surface area (Å²) >= 11 is 0. The van der Waals surface area contributed by atoms with E-state index in [0.717, 1.165) is 10.5 Å². The first-order valence-electron chi connectivity index (χ1n) is 6.80. The minimum absolute atomic E-state index is 0.378. The zero-order valence-corrected chi connectivity index (χ0v) is 11.8. The highest BCUT2D eigenvalue weighted by Crippen LogP contribution is 2.34. The predicted octanol–water partition coefficient (Wildman–Crippen LogP) is 1.08. The number of benzene rings is 1. The third-order valence-corrected chi connectivity index (χ3v) is 4.27. The number of carbonyl (C=O) groups excluding carboxylic acids is 2. The molecule has 0 aliphatic carbocycles. The van der Waals surface area contributed by atoms with Gasteiger partial charge < -0.3 is 10.0 Å². The molecule has 2 saturated heterocycles. The van der Waals surface area contributed by atoms with Gasteiger partial charge in [-0.3, -0.25) is 4.79 Å². The van der Waals surface area contributed by atoms with Crippen molar-refractivity contribution in [2.24, 2.45) is 0 Å². The second-order valence-corrected chi connectivity index (χ2v) is 5.46. The first-order valence-corrected chi connectivity index (χ1v) is 6.80. The highest BCUT2D eigenvalue weighted by molar-refractivity contribution is 6.22. The molecule has 2 heterocycles. The topological polar surface area (TPSA) is 84.6 Å². The molecule has 2 fully saturated rings. The molecule has 0 radical (unpaired) electrons. The smallest absolute Gasteiger partial charge is 0.332 e. The Bertz CT molecular complexity index is 692. The van der Waals surface area contributed by atoms with E-state index in [1.807, 2.05) is 6.92 Å². The van der Waals surface area contributed by atoms with Crippen LogP contribution in [0.5, 0.6) is 0 Å². The molecule has 2 aliphatic rings. The highest BCUT2D eigenvalue weighted by Gasteiger charge is 2.52. The molecule has 0 spiro atoms. The number of rotatable bonds is 1. The maximum atomic E-state index is 12.5. The lowest BCUT2D eigenvalue weighted by atomic mass is 10.0. The van der Waals surface area contributed by atoms with Crippen molar-refractivity contribution >= 4 is 17.6 Å². The number of amides is 3. The Kier molecular flexibility index (Phi) is 2.96. The Morgan fingerprint density at radius 3 is 2.67 bits per heavy atom. The van der Waals surface area contributed by atoms with Gasteiger partial charge in [-0.25, -0.2) is 9.69 Å². The molecular formula is C15H15N3O3. The fourth-order valence-electron chi connectivity index (χ4n) is 3.12. The number of aliphatic hydroxyl groups excluding tert-OH is 1. The van der Waals surface area contributed by atoms with Crippen molar-refractivity contribution in [2.45, 2.75) is 32.4 Å². The standard InChI is InChI=1S/C15H15N3O3/c1-8-3-4-11(9(2)10(8)7-16)18-14(20)13-12(19)5-6-17(13)15(18)21/h3-4,12-13,19H,5-6H2,1-2H3/t12-,13+/m1/s1. The number of hydrogen-bond donors (Lipinski definition) is 1. The molecule has 6 nitrogen and oxygen atoms in total. The largest absolute Gasteiger partial charge is 0.390 e. The quantitative estimate of drug-likeness (QED) is 0.782. The average Bonchev–Trinajstić information content (AvgIpc) is 2.93. The van der Waals surface area contributed by atoms with Gasteiger partial charge in [0.2, 0.25) is 0 Å². The summed E-state index contributed by atoms with van der Waals surface area (Å²) in [5, 5.41) is 19.1. The van der Waals surface area contributed by atoms with Crippen molar-refractivity contribution in [3.63, 3.8) is 0 Å². The number of urea groups is 1. The molecule has 0 unspecified atom stereocenters. The summed E-state index contributed by atoms with van der Waals surface area (Å²) in [5.41, 5.74) is 2.31. The summed E-state index contributed by atoms with van der Waals surface area (Å²) in [6.45, 7) is 3.91. The third kappa shape index (κ3) is 1.74. The molecule has 2 atom stereocenters. The first-order chi connectivity index (χ1) is 9.97. The average molecular weight is 285 g/mol. The van der Waals surface area contributed by atoms with Gasteiger partial charge in [-0.1, -0.05) is 6.07 Å². The normalized spacial score (nSPS) is 24.5. The van der Waals surface area contributed by atoms with Crippen molar-refractivity contribution in [1.82, 2.24) is 4.90 Å². The number of nitrogens with zero attached hydrogens (tertiary/aromatic N) is 3. The van der Waals surface area contributed by atoms with E-state index in [9.17, 15) is 20.0 Å². The van der Waals surface area contributed by atoms with Gasteiger partial charge >= 0.3 is 6.03 Å². The summed E-state index contributed by atoms with van der Waals surface area (Å²) in [4.78, 5) is 27.4. The van der Waals surface area contributed by atoms with Gasteiger partial charge in [0.15, 0.2) is 0 Å². The van der Waals surface area contributed by atoms with E-state index < -0.39 is 24.1 Å². The lowest BCUT2D eigenvalue weighted by Gasteiger charge is -2.19. The van der Waals surface area contributed by atoms with Gasteiger partial charge in [0.25, 0.3) is 5.91 Å². The van der Waals surface area contributed by atoms with E-state index in [0.29, 0.717) is 29.8 Å². The minimum Gasteiger partial charge on any atom is -0.390 e. The second kappa shape index (κ2) is 4.57. The van der Waals surface area contributed by atoms with Gasteiger partial charge in [0, 0.05) is 6.54 Å². The van der Waals surface area contributed by atoms with Crippen molar-refractivity contribution < 1.29 is 14.7 Å². The third-order valence-electron chi connectivity index (χ3n) is 4.27. The van der Waals surface area contributed by atoms with Crippen LogP contribution in [0.2, 0.25) is 0 Å². The van der Waals surface area contributed by atoms with Crippen molar-refractivity contribution in [2.75, 3.05) is 11.4 Å². The summed E-state index contributed by atoms with van der Waals surface area (Å²) in [5.74, 6) is -0.416. The second-order valence-electron chi connectivity index (χ2n) is 5.46.